The van der Waals surface area contributed by atoms with E-state index in [1.807, 2.05) is 12.1 Å². The molecule has 16 heavy (non-hydrogen) atoms. The van der Waals surface area contributed by atoms with E-state index in [-0.39, 0.29) is 11.8 Å². The highest BCUT2D eigenvalue weighted by molar-refractivity contribution is 5.94. The first kappa shape index (κ1) is 9.08. The third-order valence-corrected chi connectivity index (χ3v) is 2.78. The first-order valence-electron chi connectivity index (χ1n) is 5.07. The zero-order valence-electron chi connectivity index (χ0n) is 8.47. The van der Waals surface area contributed by atoms with Gasteiger partial charge in [0.15, 0.2) is 0 Å². The molecule has 3 rings (SSSR count). The first-order chi connectivity index (χ1) is 7.84. The Bertz CT molecular complexity index is 520. The number of pyridine rings is 1. The number of nitrogens with one attached hydrogen (secondary N) is 2. The van der Waals surface area contributed by atoms with E-state index in [9.17, 15) is 4.79 Å². The summed E-state index contributed by atoms with van der Waals surface area (Å²) >= 11 is 0. The molecule has 3 heterocycles. The molecule has 5 nitrogen and oxygen atoms in total. The Labute approximate surface area is 91.9 Å². The van der Waals surface area contributed by atoms with Gasteiger partial charge < -0.3 is 5.32 Å². The number of hydrogen-bond acceptors (Lipinski definition) is 3. The van der Waals surface area contributed by atoms with Crippen molar-refractivity contribution < 1.29 is 4.79 Å². The van der Waals surface area contributed by atoms with Crippen LogP contribution in [0.15, 0.2) is 30.7 Å². The minimum absolute atomic E-state index is 0.00519. The van der Waals surface area contributed by atoms with Crippen LogP contribution in [0, 0.1) is 0 Å². The van der Waals surface area contributed by atoms with Crippen molar-refractivity contribution in [1.29, 1.82) is 0 Å². The average molecular weight is 214 g/mol. The largest absolute Gasteiger partial charge is 0.311 e. The molecule has 2 aromatic rings. The molecule has 0 aromatic carbocycles. The van der Waals surface area contributed by atoms with Gasteiger partial charge in [0, 0.05) is 30.3 Å². The summed E-state index contributed by atoms with van der Waals surface area (Å²) in [6, 6.07) is 3.86. The normalized spacial score (nSPS) is 19.0. The molecular weight excluding hydrogens is 204 g/mol. The summed E-state index contributed by atoms with van der Waals surface area (Å²) in [7, 11) is 0. The molecule has 0 saturated carbocycles. The molecule has 0 bridgehead atoms. The second-order valence-electron chi connectivity index (χ2n) is 3.79. The second kappa shape index (κ2) is 3.44. The van der Waals surface area contributed by atoms with Crippen LogP contribution in [0.4, 0.5) is 5.82 Å². The van der Waals surface area contributed by atoms with E-state index in [2.05, 4.69) is 20.5 Å². The predicted octanol–water partition coefficient (Wildman–Crippen LogP) is 1.28. The summed E-state index contributed by atoms with van der Waals surface area (Å²) in [6.45, 7) is 0. The Balaban J connectivity index is 2.07. The zero-order valence-corrected chi connectivity index (χ0v) is 8.47. The molecule has 0 saturated heterocycles. The number of hydrogen-bond donors (Lipinski definition) is 2. The fourth-order valence-electron chi connectivity index (χ4n) is 2.03. The lowest BCUT2D eigenvalue weighted by Crippen LogP contribution is -2.22. The number of carbonyl (C=O) groups excluding carboxylic acids is 1. The van der Waals surface area contributed by atoms with Gasteiger partial charge in [0.25, 0.3) is 0 Å². The van der Waals surface area contributed by atoms with E-state index >= 15 is 0 Å². The van der Waals surface area contributed by atoms with Crippen LogP contribution >= 0.6 is 0 Å². The lowest BCUT2D eigenvalue weighted by atomic mass is 9.88. The summed E-state index contributed by atoms with van der Waals surface area (Å²) in [5.41, 5.74) is 2.06. The zero-order chi connectivity index (χ0) is 11.0. The van der Waals surface area contributed by atoms with E-state index in [0.717, 1.165) is 11.1 Å². The molecule has 1 aliphatic rings. The highest BCUT2D eigenvalue weighted by Crippen LogP contribution is 2.34. The third-order valence-electron chi connectivity index (χ3n) is 2.78. The summed E-state index contributed by atoms with van der Waals surface area (Å²) in [5, 5.41) is 9.50. The SMILES string of the molecule is O=C1C[C@@H](c2cccnc2)c2cn[nH]c2N1. The van der Waals surface area contributed by atoms with Gasteiger partial charge in [-0.15, -0.1) is 0 Å². The summed E-state index contributed by atoms with van der Waals surface area (Å²) in [4.78, 5) is 15.6. The van der Waals surface area contributed by atoms with E-state index in [0.29, 0.717) is 12.2 Å². The van der Waals surface area contributed by atoms with Crippen LogP contribution in [0.2, 0.25) is 0 Å². The molecule has 1 aliphatic heterocycles. The van der Waals surface area contributed by atoms with Crippen molar-refractivity contribution in [2.45, 2.75) is 12.3 Å². The van der Waals surface area contributed by atoms with Crippen molar-refractivity contribution in [2.24, 2.45) is 0 Å². The first-order valence-corrected chi connectivity index (χ1v) is 5.07. The van der Waals surface area contributed by atoms with E-state index in [1.165, 1.54) is 0 Å². The van der Waals surface area contributed by atoms with Gasteiger partial charge in [-0.3, -0.25) is 14.9 Å². The number of aromatic nitrogens is 3. The Morgan fingerprint density at radius 3 is 3.12 bits per heavy atom. The maximum atomic E-state index is 11.5. The van der Waals surface area contributed by atoms with Crippen LogP contribution in [-0.2, 0) is 4.79 Å². The van der Waals surface area contributed by atoms with E-state index in [1.54, 1.807) is 18.6 Å². The van der Waals surface area contributed by atoms with Gasteiger partial charge in [-0.1, -0.05) is 6.07 Å². The van der Waals surface area contributed by atoms with Crippen molar-refractivity contribution >= 4 is 11.7 Å². The average Bonchev–Trinajstić information content (AvgIpc) is 2.77. The Kier molecular flexibility index (Phi) is 1.96. The molecule has 0 aliphatic carbocycles. The second-order valence-corrected chi connectivity index (χ2v) is 3.79. The Morgan fingerprint density at radius 1 is 1.38 bits per heavy atom. The molecule has 0 unspecified atom stereocenters. The van der Waals surface area contributed by atoms with Crippen molar-refractivity contribution in [1.82, 2.24) is 15.2 Å². The maximum absolute atomic E-state index is 11.5. The fourth-order valence-corrected chi connectivity index (χ4v) is 2.03. The van der Waals surface area contributed by atoms with Crippen LogP contribution in [0.25, 0.3) is 0 Å². The lowest BCUT2D eigenvalue weighted by molar-refractivity contribution is -0.116. The summed E-state index contributed by atoms with van der Waals surface area (Å²) < 4.78 is 0. The molecule has 2 aromatic heterocycles. The van der Waals surface area contributed by atoms with Crippen LogP contribution in [-0.4, -0.2) is 21.1 Å². The quantitative estimate of drug-likeness (QED) is 0.751. The topological polar surface area (TPSA) is 70.7 Å². The smallest absolute Gasteiger partial charge is 0.226 e. The standard InChI is InChI=1S/C11H10N4O/c16-10-4-8(7-2-1-3-12-5-7)9-6-13-15-11(9)14-10/h1-3,5-6,8H,4H2,(H2,13,14,15,16)/t8-/m0/s1. The summed E-state index contributed by atoms with van der Waals surface area (Å²) in [5.74, 6) is 0.756. The molecule has 1 atom stereocenters. The van der Waals surface area contributed by atoms with Crippen molar-refractivity contribution in [3.05, 3.63) is 41.9 Å². The van der Waals surface area contributed by atoms with Crippen LogP contribution in [0.3, 0.4) is 0 Å². The number of rotatable bonds is 1. The van der Waals surface area contributed by atoms with Crippen molar-refractivity contribution in [3.63, 3.8) is 0 Å². The number of anilines is 1. The Hall–Kier alpha value is -2.17. The highest BCUT2D eigenvalue weighted by Gasteiger charge is 2.27. The fraction of sp³-hybridized carbons (Fsp3) is 0.182. The molecule has 5 heteroatoms. The third kappa shape index (κ3) is 1.37. The van der Waals surface area contributed by atoms with Gasteiger partial charge in [0.1, 0.15) is 5.82 Å². The molecule has 2 N–H and O–H groups in total. The molecular formula is C11H10N4O. The van der Waals surface area contributed by atoms with Gasteiger partial charge in [0.05, 0.1) is 6.20 Å². The maximum Gasteiger partial charge on any atom is 0.226 e. The monoisotopic (exact) mass is 214 g/mol. The van der Waals surface area contributed by atoms with Gasteiger partial charge in [-0.05, 0) is 11.6 Å². The number of carbonyl (C=O) groups is 1. The number of nitrogens with zero attached hydrogens (tertiary/aromatic N) is 2. The molecule has 1 amide bonds. The molecule has 0 fully saturated rings. The van der Waals surface area contributed by atoms with E-state index < -0.39 is 0 Å². The van der Waals surface area contributed by atoms with Crippen LogP contribution < -0.4 is 5.32 Å². The van der Waals surface area contributed by atoms with Gasteiger partial charge >= 0.3 is 0 Å². The molecule has 0 spiro atoms. The van der Waals surface area contributed by atoms with Gasteiger partial charge in [-0.2, -0.15) is 5.10 Å². The minimum atomic E-state index is 0.00519. The predicted molar refractivity (Wildman–Crippen MR) is 57.9 cm³/mol. The number of aromatic amines is 1. The van der Waals surface area contributed by atoms with Gasteiger partial charge in [-0.25, -0.2) is 0 Å². The molecule has 80 valence electrons. The lowest BCUT2D eigenvalue weighted by Gasteiger charge is -2.21. The summed E-state index contributed by atoms with van der Waals surface area (Å²) in [6.07, 6.45) is 5.72. The number of fused-ring (bicyclic) bond motifs is 1. The van der Waals surface area contributed by atoms with Gasteiger partial charge in [0.2, 0.25) is 5.91 Å². The van der Waals surface area contributed by atoms with Crippen molar-refractivity contribution in [2.75, 3.05) is 5.32 Å². The molecule has 0 radical (unpaired) electrons. The van der Waals surface area contributed by atoms with Crippen LogP contribution in [0.5, 0.6) is 0 Å². The number of H-pyrrole nitrogens is 1. The Morgan fingerprint density at radius 2 is 2.31 bits per heavy atom. The van der Waals surface area contributed by atoms with Crippen molar-refractivity contribution in [3.8, 4) is 0 Å². The van der Waals surface area contributed by atoms with Crippen LogP contribution in [0.1, 0.15) is 23.5 Å². The minimum Gasteiger partial charge on any atom is -0.311 e. The highest BCUT2D eigenvalue weighted by atomic mass is 16.1. The van der Waals surface area contributed by atoms with E-state index in [4.69, 9.17) is 0 Å². The number of amides is 1.